The predicted molar refractivity (Wildman–Crippen MR) is 113 cm³/mol. The molecule has 7 nitrogen and oxygen atoms in total. The van der Waals surface area contributed by atoms with Crippen LogP contribution in [-0.2, 0) is 14.8 Å². The number of carbonyl (C=O) groups is 1. The molecule has 2 aromatic carbocycles. The minimum absolute atomic E-state index is 0.0328. The van der Waals surface area contributed by atoms with Crippen LogP contribution in [0, 0.1) is 13.8 Å². The molecule has 158 valence electrons. The molecule has 2 aromatic rings. The maximum atomic E-state index is 12.7. The lowest BCUT2D eigenvalue weighted by atomic mass is 10.1. The first-order valence-electron chi connectivity index (χ1n) is 9.29. The molecule has 0 aliphatic carbocycles. The minimum atomic E-state index is -3.71. The average molecular weight is 421 g/mol. The standard InChI is InChI=1S/C21H28N2O5S/c1-13(2)23-29(25,26)17-10-11-20(27-6)18(12-17)22-21(24)16(5)28-19-9-7-8-14(3)15(19)4/h7-13,16,23H,1-6H3,(H,22,24)/t16-/m1/s1. The van der Waals surface area contributed by atoms with Crippen molar-refractivity contribution < 1.29 is 22.7 Å². The van der Waals surface area contributed by atoms with Crippen molar-refractivity contribution in [3.63, 3.8) is 0 Å². The van der Waals surface area contributed by atoms with Crippen LogP contribution in [0.1, 0.15) is 31.9 Å². The quantitative estimate of drug-likeness (QED) is 0.683. The molecule has 2 N–H and O–H groups in total. The van der Waals surface area contributed by atoms with E-state index in [9.17, 15) is 13.2 Å². The minimum Gasteiger partial charge on any atom is -0.495 e. The number of sulfonamides is 1. The second-order valence-corrected chi connectivity index (χ2v) is 8.80. The van der Waals surface area contributed by atoms with Crippen LogP contribution >= 0.6 is 0 Å². The van der Waals surface area contributed by atoms with E-state index in [0.29, 0.717) is 11.5 Å². The molecular formula is C21H28N2O5S. The van der Waals surface area contributed by atoms with Crippen molar-refractivity contribution in [2.24, 2.45) is 0 Å². The summed E-state index contributed by atoms with van der Waals surface area (Å²) in [6.07, 6.45) is -0.797. The van der Waals surface area contributed by atoms with Gasteiger partial charge in [0, 0.05) is 6.04 Å². The predicted octanol–water partition coefficient (Wildman–Crippen LogP) is 3.40. The van der Waals surface area contributed by atoms with E-state index in [0.717, 1.165) is 11.1 Å². The summed E-state index contributed by atoms with van der Waals surface area (Å²) in [6.45, 7) is 8.99. The number of carbonyl (C=O) groups excluding carboxylic acids is 1. The van der Waals surface area contributed by atoms with Crippen molar-refractivity contribution >= 4 is 21.6 Å². The molecule has 0 heterocycles. The van der Waals surface area contributed by atoms with Gasteiger partial charge in [-0.05, 0) is 70.0 Å². The number of nitrogens with one attached hydrogen (secondary N) is 2. The number of benzene rings is 2. The summed E-state index contributed by atoms with van der Waals surface area (Å²) in [7, 11) is -2.26. The average Bonchev–Trinajstić information content (AvgIpc) is 2.64. The molecule has 0 fully saturated rings. The second-order valence-electron chi connectivity index (χ2n) is 7.09. The Bertz CT molecular complexity index is 987. The topological polar surface area (TPSA) is 93.7 Å². The number of amides is 1. The molecule has 1 atom stereocenters. The maximum absolute atomic E-state index is 12.7. The molecule has 0 aliphatic rings. The van der Waals surface area contributed by atoms with Gasteiger partial charge in [-0.3, -0.25) is 4.79 Å². The monoisotopic (exact) mass is 420 g/mol. The van der Waals surface area contributed by atoms with Gasteiger partial charge in [0.2, 0.25) is 10.0 Å². The largest absolute Gasteiger partial charge is 0.495 e. The van der Waals surface area contributed by atoms with Crippen LogP contribution in [0.4, 0.5) is 5.69 Å². The summed E-state index contributed by atoms with van der Waals surface area (Å²) >= 11 is 0. The Morgan fingerprint density at radius 3 is 2.34 bits per heavy atom. The smallest absolute Gasteiger partial charge is 0.265 e. The fourth-order valence-electron chi connectivity index (χ4n) is 2.66. The third kappa shape index (κ3) is 5.71. The zero-order valence-corrected chi connectivity index (χ0v) is 18.4. The number of hydrogen-bond acceptors (Lipinski definition) is 5. The van der Waals surface area contributed by atoms with Gasteiger partial charge in [-0.2, -0.15) is 0 Å². The van der Waals surface area contributed by atoms with Crippen LogP contribution in [0.2, 0.25) is 0 Å². The molecule has 0 unspecified atom stereocenters. The van der Waals surface area contributed by atoms with E-state index in [2.05, 4.69) is 10.0 Å². The van der Waals surface area contributed by atoms with Gasteiger partial charge in [-0.1, -0.05) is 12.1 Å². The van der Waals surface area contributed by atoms with Crippen LogP contribution < -0.4 is 19.5 Å². The van der Waals surface area contributed by atoms with E-state index >= 15 is 0 Å². The summed E-state index contributed by atoms with van der Waals surface area (Å²) in [5.41, 5.74) is 2.27. The highest BCUT2D eigenvalue weighted by Gasteiger charge is 2.21. The molecule has 0 spiro atoms. The van der Waals surface area contributed by atoms with Gasteiger partial charge in [0.05, 0.1) is 17.7 Å². The third-order valence-corrected chi connectivity index (χ3v) is 6.01. The number of methoxy groups -OCH3 is 1. The van der Waals surface area contributed by atoms with Crippen LogP contribution in [-0.4, -0.2) is 33.6 Å². The van der Waals surface area contributed by atoms with Crippen LogP contribution in [0.25, 0.3) is 0 Å². The van der Waals surface area contributed by atoms with E-state index < -0.39 is 22.0 Å². The lowest BCUT2D eigenvalue weighted by Gasteiger charge is -2.18. The molecule has 0 saturated heterocycles. The van der Waals surface area contributed by atoms with Crippen LogP contribution in [0.5, 0.6) is 11.5 Å². The molecule has 0 aromatic heterocycles. The first-order chi connectivity index (χ1) is 13.5. The Balaban J connectivity index is 2.24. The lowest BCUT2D eigenvalue weighted by molar-refractivity contribution is -0.122. The lowest BCUT2D eigenvalue weighted by Crippen LogP contribution is -2.31. The van der Waals surface area contributed by atoms with Gasteiger partial charge in [0.25, 0.3) is 5.91 Å². The van der Waals surface area contributed by atoms with Crippen molar-refractivity contribution in [3.05, 3.63) is 47.5 Å². The Kier molecular flexibility index (Phi) is 7.26. The Hall–Kier alpha value is -2.58. The van der Waals surface area contributed by atoms with E-state index in [1.54, 1.807) is 26.8 Å². The Morgan fingerprint density at radius 2 is 1.72 bits per heavy atom. The SMILES string of the molecule is COc1ccc(S(=O)(=O)NC(C)C)cc1NC(=O)[C@@H](C)Oc1cccc(C)c1C. The summed E-state index contributed by atoms with van der Waals surface area (Å²) < 4.78 is 38.4. The molecule has 1 amide bonds. The van der Waals surface area contributed by atoms with Crippen LogP contribution in [0.15, 0.2) is 41.3 Å². The summed E-state index contributed by atoms with van der Waals surface area (Å²) in [5.74, 6) is 0.549. The van der Waals surface area contributed by atoms with Gasteiger partial charge in [0.15, 0.2) is 6.10 Å². The Morgan fingerprint density at radius 1 is 1.03 bits per heavy atom. The normalized spacial score (nSPS) is 12.5. The van der Waals surface area contributed by atoms with Crippen molar-refractivity contribution in [2.45, 2.75) is 51.7 Å². The van der Waals surface area contributed by atoms with E-state index in [1.807, 2.05) is 26.0 Å². The first-order valence-corrected chi connectivity index (χ1v) is 10.8. The fraction of sp³-hybridized carbons (Fsp3) is 0.381. The molecule has 0 bridgehead atoms. The van der Waals surface area contributed by atoms with Gasteiger partial charge < -0.3 is 14.8 Å². The van der Waals surface area contributed by atoms with Crippen molar-refractivity contribution in [3.8, 4) is 11.5 Å². The van der Waals surface area contributed by atoms with E-state index in [4.69, 9.17) is 9.47 Å². The third-order valence-electron chi connectivity index (χ3n) is 4.36. The number of rotatable bonds is 8. The molecular weight excluding hydrogens is 392 g/mol. The maximum Gasteiger partial charge on any atom is 0.265 e. The van der Waals surface area contributed by atoms with Crippen molar-refractivity contribution in [1.29, 1.82) is 0 Å². The highest BCUT2D eigenvalue weighted by atomic mass is 32.2. The number of hydrogen-bond donors (Lipinski definition) is 2. The van der Waals surface area contributed by atoms with Crippen molar-refractivity contribution in [1.82, 2.24) is 4.72 Å². The summed E-state index contributed by atoms with van der Waals surface area (Å²) in [5, 5.41) is 2.70. The number of ether oxygens (including phenoxy) is 2. The zero-order chi connectivity index (χ0) is 21.8. The van der Waals surface area contributed by atoms with Gasteiger partial charge in [-0.15, -0.1) is 0 Å². The van der Waals surface area contributed by atoms with Crippen molar-refractivity contribution in [2.75, 3.05) is 12.4 Å². The molecule has 8 heteroatoms. The molecule has 0 saturated carbocycles. The van der Waals surface area contributed by atoms with E-state index in [1.165, 1.54) is 25.3 Å². The zero-order valence-electron chi connectivity index (χ0n) is 17.6. The number of aryl methyl sites for hydroxylation is 1. The summed E-state index contributed by atoms with van der Waals surface area (Å²) in [4.78, 5) is 12.7. The molecule has 29 heavy (non-hydrogen) atoms. The Labute approximate surface area is 172 Å². The molecule has 0 aliphatic heterocycles. The van der Waals surface area contributed by atoms with Crippen LogP contribution in [0.3, 0.4) is 0 Å². The number of anilines is 1. The summed E-state index contributed by atoms with van der Waals surface area (Å²) in [6, 6.07) is 9.67. The van der Waals surface area contributed by atoms with E-state index in [-0.39, 0.29) is 16.6 Å². The second kappa shape index (κ2) is 9.28. The highest BCUT2D eigenvalue weighted by Crippen LogP contribution is 2.28. The van der Waals surface area contributed by atoms with Gasteiger partial charge in [-0.25, -0.2) is 13.1 Å². The molecule has 2 rings (SSSR count). The molecule has 0 radical (unpaired) electrons. The van der Waals surface area contributed by atoms with Gasteiger partial charge >= 0.3 is 0 Å². The first kappa shape index (κ1) is 22.7. The highest BCUT2D eigenvalue weighted by molar-refractivity contribution is 7.89. The fourth-order valence-corrected chi connectivity index (χ4v) is 3.94. The van der Waals surface area contributed by atoms with Gasteiger partial charge in [0.1, 0.15) is 11.5 Å².